The average Bonchev–Trinajstić information content (AvgIpc) is 3.32. The van der Waals surface area contributed by atoms with E-state index in [1.54, 1.807) is 48.5 Å². The van der Waals surface area contributed by atoms with Crippen LogP contribution in [-0.4, -0.2) is 27.7 Å². The van der Waals surface area contributed by atoms with Crippen molar-refractivity contribution >= 4 is 23.6 Å². The highest BCUT2D eigenvalue weighted by molar-refractivity contribution is 8.00. The zero-order chi connectivity index (χ0) is 25.7. The van der Waals surface area contributed by atoms with Crippen LogP contribution in [0.4, 0.5) is 0 Å². The molecule has 6 nitrogen and oxygen atoms in total. The molecule has 0 radical (unpaired) electrons. The normalized spacial score (nSPS) is 15.4. The lowest BCUT2D eigenvalue weighted by atomic mass is 9.85. The van der Waals surface area contributed by atoms with E-state index in [2.05, 4.69) is 5.43 Å². The lowest BCUT2D eigenvalue weighted by molar-refractivity contribution is -0.148. The number of nitrogens with zero attached hydrogens (tertiary/aromatic N) is 1. The maximum atomic E-state index is 13.6. The fourth-order valence-electron chi connectivity index (χ4n) is 4.24. The zero-order valence-electron chi connectivity index (χ0n) is 20.0. The van der Waals surface area contributed by atoms with Gasteiger partial charge in [0.25, 0.3) is 11.8 Å². The molecule has 7 heteroatoms. The van der Waals surface area contributed by atoms with Gasteiger partial charge in [-0.25, -0.2) is 5.01 Å². The minimum Gasteiger partial charge on any atom is -0.489 e. The van der Waals surface area contributed by atoms with Crippen molar-refractivity contribution < 1.29 is 19.4 Å². The smallest absolute Gasteiger partial charge is 0.279 e. The van der Waals surface area contributed by atoms with Crippen LogP contribution in [0.15, 0.2) is 115 Å². The number of hydrazine groups is 1. The summed E-state index contributed by atoms with van der Waals surface area (Å²) in [5, 5.41) is 12.6. The van der Waals surface area contributed by atoms with Crippen LogP contribution >= 0.6 is 11.8 Å². The summed E-state index contributed by atoms with van der Waals surface area (Å²) in [6.07, 6.45) is 0. The van der Waals surface area contributed by atoms with Crippen molar-refractivity contribution in [1.82, 2.24) is 10.4 Å². The van der Waals surface area contributed by atoms with Gasteiger partial charge in [-0.05, 0) is 34.4 Å². The molecule has 4 aromatic rings. The van der Waals surface area contributed by atoms with Crippen LogP contribution in [-0.2, 0) is 21.8 Å². The minimum absolute atomic E-state index is 0.215. The topological polar surface area (TPSA) is 78.9 Å². The maximum absolute atomic E-state index is 13.6. The first-order chi connectivity index (χ1) is 18.1. The Hall–Kier alpha value is -4.07. The van der Waals surface area contributed by atoms with Gasteiger partial charge in [0.1, 0.15) is 17.7 Å². The molecule has 5 rings (SSSR count). The highest BCUT2D eigenvalue weighted by Crippen LogP contribution is 2.39. The minimum atomic E-state index is -1.98. The fraction of sp³-hybridized carbons (Fsp3) is 0.133. The molecule has 0 spiro atoms. The summed E-state index contributed by atoms with van der Waals surface area (Å²) in [5.74, 6) is -0.0170. The summed E-state index contributed by atoms with van der Waals surface area (Å²) in [6, 6.07) is 34.8. The van der Waals surface area contributed by atoms with Crippen LogP contribution in [0.25, 0.3) is 0 Å². The predicted octanol–water partition coefficient (Wildman–Crippen LogP) is 4.81. The Morgan fingerprint density at radius 2 is 1.41 bits per heavy atom. The molecule has 186 valence electrons. The summed E-state index contributed by atoms with van der Waals surface area (Å²) >= 11 is 1.41. The molecule has 37 heavy (non-hydrogen) atoms. The molecule has 1 atom stereocenters. The van der Waals surface area contributed by atoms with Gasteiger partial charge in [0.2, 0.25) is 0 Å². The summed E-state index contributed by atoms with van der Waals surface area (Å²) in [6.45, 7) is 0.455. The van der Waals surface area contributed by atoms with Gasteiger partial charge >= 0.3 is 0 Å². The van der Waals surface area contributed by atoms with Crippen molar-refractivity contribution in [2.24, 2.45) is 0 Å². The highest BCUT2D eigenvalue weighted by atomic mass is 32.2. The second kappa shape index (κ2) is 10.9. The first-order valence-electron chi connectivity index (χ1n) is 11.9. The second-order valence-corrected chi connectivity index (χ2v) is 9.72. The van der Waals surface area contributed by atoms with Gasteiger partial charge in [0.05, 0.1) is 5.75 Å². The third kappa shape index (κ3) is 5.23. The van der Waals surface area contributed by atoms with E-state index in [9.17, 15) is 14.7 Å². The van der Waals surface area contributed by atoms with Crippen LogP contribution in [0.3, 0.4) is 0 Å². The molecule has 1 aliphatic rings. The van der Waals surface area contributed by atoms with Gasteiger partial charge in [0.15, 0.2) is 5.60 Å². The molecule has 1 saturated heterocycles. The summed E-state index contributed by atoms with van der Waals surface area (Å²) in [5.41, 5.74) is 3.48. The molecule has 0 aromatic heterocycles. The van der Waals surface area contributed by atoms with E-state index in [4.69, 9.17) is 4.74 Å². The Morgan fingerprint density at radius 3 is 1.97 bits per heavy atom. The molecule has 4 aromatic carbocycles. The summed E-state index contributed by atoms with van der Waals surface area (Å²) in [4.78, 5) is 26.4. The third-order valence-corrected chi connectivity index (χ3v) is 7.43. The molecule has 1 heterocycles. The number of nitrogens with one attached hydrogen (secondary N) is 1. The maximum Gasteiger partial charge on any atom is 0.279 e. The van der Waals surface area contributed by atoms with Gasteiger partial charge in [0, 0.05) is 0 Å². The molecule has 1 unspecified atom stereocenters. The third-order valence-electron chi connectivity index (χ3n) is 6.22. The first-order valence-corrected chi connectivity index (χ1v) is 13.0. The second-order valence-electron chi connectivity index (χ2n) is 8.65. The van der Waals surface area contributed by atoms with Gasteiger partial charge in [-0.2, -0.15) is 0 Å². The molecule has 1 fully saturated rings. The summed E-state index contributed by atoms with van der Waals surface area (Å²) < 4.78 is 5.87. The van der Waals surface area contributed by atoms with E-state index in [0.717, 1.165) is 11.1 Å². The predicted molar refractivity (Wildman–Crippen MR) is 143 cm³/mol. The van der Waals surface area contributed by atoms with Gasteiger partial charge in [-0.3, -0.25) is 15.0 Å². The van der Waals surface area contributed by atoms with Crippen LogP contribution < -0.4 is 10.2 Å². The Balaban J connectivity index is 1.35. The fourth-order valence-corrected chi connectivity index (χ4v) is 5.35. The van der Waals surface area contributed by atoms with Crippen molar-refractivity contribution in [3.8, 4) is 5.75 Å². The molecule has 0 saturated carbocycles. The molecule has 1 aliphatic heterocycles. The van der Waals surface area contributed by atoms with E-state index >= 15 is 0 Å². The Labute approximate surface area is 219 Å². The van der Waals surface area contributed by atoms with E-state index in [1.165, 1.54) is 16.8 Å². The lowest BCUT2D eigenvalue weighted by Gasteiger charge is -2.32. The standard InChI is InChI=1S/C30H26N2O4S/c33-27-21-37-28(23-16-18-26(19-17-23)36-20-22-10-4-1-5-11-22)32(27)31-29(34)30(35,24-12-6-2-7-13-24)25-14-8-3-9-15-25/h1-19,28,35H,20-21H2,(H,31,34). The number of benzene rings is 4. The zero-order valence-corrected chi connectivity index (χ0v) is 20.8. The molecule has 0 bridgehead atoms. The van der Waals surface area contributed by atoms with Gasteiger partial charge in [-0.1, -0.05) is 103 Å². The van der Waals surface area contributed by atoms with E-state index in [-0.39, 0.29) is 11.7 Å². The number of aliphatic hydroxyl groups is 1. The highest BCUT2D eigenvalue weighted by Gasteiger charge is 2.43. The lowest BCUT2D eigenvalue weighted by Crippen LogP contribution is -2.53. The number of amides is 2. The molecule has 0 aliphatic carbocycles. The van der Waals surface area contributed by atoms with E-state index in [0.29, 0.717) is 23.5 Å². The largest absolute Gasteiger partial charge is 0.489 e. The van der Waals surface area contributed by atoms with Crippen molar-refractivity contribution in [2.45, 2.75) is 17.6 Å². The van der Waals surface area contributed by atoms with Crippen LogP contribution in [0.1, 0.15) is 27.6 Å². The summed E-state index contributed by atoms with van der Waals surface area (Å²) in [7, 11) is 0. The molecule has 2 N–H and O–H groups in total. The molecule has 2 amide bonds. The number of carbonyl (C=O) groups excluding carboxylic acids is 2. The molecular weight excluding hydrogens is 484 g/mol. The SMILES string of the molecule is O=C1CSC(c2ccc(OCc3ccccc3)cc2)N1NC(=O)C(O)(c1ccccc1)c1ccccc1. The van der Waals surface area contributed by atoms with Crippen molar-refractivity contribution in [3.05, 3.63) is 138 Å². The van der Waals surface area contributed by atoms with Crippen LogP contribution in [0.2, 0.25) is 0 Å². The number of rotatable bonds is 8. The van der Waals surface area contributed by atoms with Crippen LogP contribution in [0.5, 0.6) is 5.75 Å². The monoisotopic (exact) mass is 510 g/mol. The number of carbonyl (C=O) groups is 2. The van der Waals surface area contributed by atoms with Crippen molar-refractivity contribution in [1.29, 1.82) is 0 Å². The number of hydrogen-bond acceptors (Lipinski definition) is 5. The number of thioether (sulfide) groups is 1. The number of hydrogen-bond donors (Lipinski definition) is 2. The van der Waals surface area contributed by atoms with Crippen molar-refractivity contribution in [2.75, 3.05) is 5.75 Å². The quantitative estimate of drug-likeness (QED) is 0.356. The number of ether oxygens (including phenoxy) is 1. The van der Waals surface area contributed by atoms with E-state index in [1.807, 2.05) is 66.7 Å². The Bertz CT molecular complexity index is 1310. The average molecular weight is 511 g/mol. The van der Waals surface area contributed by atoms with Gasteiger partial charge in [-0.15, -0.1) is 11.8 Å². The first kappa shape index (κ1) is 24.6. The van der Waals surface area contributed by atoms with Gasteiger partial charge < -0.3 is 9.84 Å². The molecular formula is C30H26N2O4S. The van der Waals surface area contributed by atoms with Crippen LogP contribution in [0, 0.1) is 0 Å². The van der Waals surface area contributed by atoms with Crippen molar-refractivity contribution in [3.63, 3.8) is 0 Å². The Morgan fingerprint density at radius 1 is 0.865 bits per heavy atom. The Kier molecular flexibility index (Phi) is 7.25. The van der Waals surface area contributed by atoms with E-state index < -0.39 is 16.9 Å².